The van der Waals surface area contributed by atoms with Gasteiger partial charge in [-0.15, -0.1) is 0 Å². The molecule has 23 heavy (non-hydrogen) atoms. The van der Waals surface area contributed by atoms with Gasteiger partial charge in [-0.05, 0) is 30.3 Å². The number of carbonyl (C=O) groups excluding carboxylic acids is 1. The molecule has 0 saturated heterocycles. The summed E-state index contributed by atoms with van der Waals surface area (Å²) in [5, 5.41) is 3.94. The molecule has 0 fully saturated rings. The van der Waals surface area contributed by atoms with E-state index >= 15 is 0 Å². The minimum Gasteiger partial charge on any atom is -0.489 e. The Balaban J connectivity index is 1.62. The van der Waals surface area contributed by atoms with Crippen LogP contribution in [0, 0.1) is 0 Å². The molecule has 1 aromatic carbocycles. The molecule has 116 valence electrons. The number of ether oxygens (including phenoxy) is 2. The quantitative estimate of drug-likeness (QED) is 0.625. The number of hydrogen-bond acceptors (Lipinski definition) is 6. The van der Waals surface area contributed by atoms with Crippen LogP contribution in [0.3, 0.4) is 0 Å². The summed E-state index contributed by atoms with van der Waals surface area (Å²) in [6.07, 6.45) is 3.50. The summed E-state index contributed by atoms with van der Waals surface area (Å²) in [6, 6.07) is 13.1. The van der Waals surface area contributed by atoms with Crippen molar-refractivity contribution in [1.29, 1.82) is 0 Å². The predicted octanol–water partition coefficient (Wildman–Crippen LogP) is 2.99. The molecule has 0 atom stereocenters. The van der Waals surface area contributed by atoms with Crippen molar-refractivity contribution in [3.63, 3.8) is 0 Å². The monoisotopic (exact) mass is 310 g/mol. The Hall–Kier alpha value is -3.15. The van der Waals surface area contributed by atoms with E-state index in [0.717, 1.165) is 16.9 Å². The molecule has 3 aromatic rings. The van der Waals surface area contributed by atoms with E-state index in [9.17, 15) is 4.79 Å². The Morgan fingerprint density at radius 3 is 2.74 bits per heavy atom. The van der Waals surface area contributed by atoms with Gasteiger partial charge in [0.15, 0.2) is 12.4 Å². The second-order valence-corrected chi connectivity index (χ2v) is 4.76. The van der Waals surface area contributed by atoms with Gasteiger partial charge in [0.25, 0.3) is 6.47 Å². The zero-order chi connectivity index (χ0) is 15.9. The first-order valence-corrected chi connectivity index (χ1v) is 6.98. The van der Waals surface area contributed by atoms with E-state index in [2.05, 4.69) is 14.9 Å². The standard InChI is InChI=1S/C17H14N2O4/c20-12-21-11-16-8-17(19-23-16)14-3-5-15(6-4-14)22-10-13-2-1-7-18-9-13/h1-9,12H,10-11H2. The van der Waals surface area contributed by atoms with E-state index in [1.165, 1.54) is 0 Å². The van der Waals surface area contributed by atoms with E-state index in [-0.39, 0.29) is 6.61 Å². The molecule has 2 aromatic heterocycles. The first-order chi connectivity index (χ1) is 11.3. The summed E-state index contributed by atoms with van der Waals surface area (Å²) in [6.45, 7) is 0.906. The van der Waals surface area contributed by atoms with Crippen LogP contribution in [0.4, 0.5) is 0 Å². The van der Waals surface area contributed by atoms with Crippen LogP contribution in [0.2, 0.25) is 0 Å². The molecule has 0 aliphatic heterocycles. The lowest BCUT2D eigenvalue weighted by atomic mass is 10.1. The highest BCUT2D eigenvalue weighted by Gasteiger charge is 2.07. The van der Waals surface area contributed by atoms with E-state index < -0.39 is 0 Å². The molecular weight excluding hydrogens is 296 g/mol. The Morgan fingerprint density at radius 1 is 1.13 bits per heavy atom. The van der Waals surface area contributed by atoms with Gasteiger partial charge in [-0.3, -0.25) is 9.78 Å². The third-order valence-corrected chi connectivity index (χ3v) is 3.13. The van der Waals surface area contributed by atoms with Crippen molar-refractivity contribution in [1.82, 2.24) is 10.1 Å². The fourth-order valence-corrected chi connectivity index (χ4v) is 2.01. The fourth-order valence-electron chi connectivity index (χ4n) is 2.01. The van der Waals surface area contributed by atoms with Crippen molar-refractivity contribution in [2.24, 2.45) is 0 Å². The molecule has 6 nitrogen and oxygen atoms in total. The molecule has 0 amide bonds. The molecule has 0 radical (unpaired) electrons. The molecule has 0 spiro atoms. The molecule has 6 heteroatoms. The van der Waals surface area contributed by atoms with Crippen LogP contribution < -0.4 is 4.74 Å². The minimum absolute atomic E-state index is 0.0722. The Kier molecular flexibility index (Phi) is 4.63. The van der Waals surface area contributed by atoms with Gasteiger partial charge in [-0.2, -0.15) is 0 Å². The van der Waals surface area contributed by atoms with Gasteiger partial charge in [0.2, 0.25) is 0 Å². The van der Waals surface area contributed by atoms with Gasteiger partial charge in [-0.25, -0.2) is 0 Å². The van der Waals surface area contributed by atoms with Crippen molar-refractivity contribution in [3.8, 4) is 17.0 Å². The zero-order valence-corrected chi connectivity index (χ0v) is 12.2. The Bertz CT molecular complexity index is 754. The molecule has 0 bridgehead atoms. The van der Waals surface area contributed by atoms with E-state index in [4.69, 9.17) is 9.26 Å². The lowest BCUT2D eigenvalue weighted by Gasteiger charge is -2.06. The minimum atomic E-state index is 0.0722. The molecule has 0 unspecified atom stereocenters. The molecule has 3 rings (SSSR count). The number of carbonyl (C=O) groups is 1. The first-order valence-electron chi connectivity index (χ1n) is 6.98. The second-order valence-electron chi connectivity index (χ2n) is 4.76. The maximum Gasteiger partial charge on any atom is 0.293 e. The smallest absolute Gasteiger partial charge is 0.293 e. The van der Waals surface area contributed by atoms with Gasteiger partial charge in [0.05, 0.1) is 0 Å². The lowest BCUT2D eigenvalue weighted by Crippen LogP contribution is -1.95. The number of aromatic nitrogens is 2. The van der Waals surface area contributed by atoms with Crippen LogP contribution in [0.25, 0.3) is 11.3 Å². The van der Waals surface area contributed by atoms with Crippen LogP contribution in [0.5, 0.6) is 5.75 Å². The highest BCUT2D eigenvalue weighted by atomic mass is 16.5. The summed E-state index contributed by atoms with van der Waals surface area (Å²) in [5.74, 6) is 1.25. The maximum absolute atomic E-state index is 10.2. The molecule has 2 heterocycles. The molecular formula is C17H14N2O4. The first kappa shape index (κ1) is 14.8. The van der Waals surface area contributed by atoms with Gasteiger partial charge >= 0.3 is 0 Å². The van der Waals surface area contributed by atoms with E-state index in [0.29, 0.717) is 24.5 Å². The maximum atomic E-state index is 10.2. The number of rotatable bonds is 7. The average Bonchev–Trinajstić information content (AvgIpc) is 3.08. The van der Waals surface area contributed by atoms with Crippen LogP contribution in [-0.4, -0.2) is 16.6 Å². The number of nitrogens with zero attached hydrogens (tertiary/aromatic N) is 2. The van der Waals surface area contributed by atoms with Crippen LogP contribution >= 0.6 is 0 Å². The number of hydrogen-bond donors (Lipinski definition) is 0. The lowest BCUT2D eigenvalue weighted by molar-refractivity contribution is -0.130. The summed E-state index contributed by atoms with van der Waals surface area (Å²) < 4.78 is 15.4. The molecule has 0 N–H and O–H groups in total. The average molecular weight is 310 g/mol. The van der Waals surface area contributed by atoms with Gasteiger partial charge in [0.1, 0.15) is 18.1 Å². The van der Waals surface area contributed by atoms with Crippen molar-refractivity contribution >= 4 is 6.47 Å². The Labute approximate surface area is 132 Å². The highest BCUT2D eigenvalue weighted by Crippen LogP contribution is 2.23. The molecule has 0 aliphatic rings. The largest absolute Gasteiger partial charge is 0.489 e. The topological polar surface area (TPSA) is 74.5 Å². The van der Waals surface area contributed by atoms with Crippen molar-refractivity contribution in [2.45, 2.75) is 13.2 Å². The van der Waals surface area contributed by atoms with Crippen molar-refractivity contribution in [3.05, 3.63) is 66.2 Å². The van der Waals surface area contributed by atoms with Crippen molar-refractivity contribution in [2.75, 3.05) is 0 Å². The van der Waals surface area contributed by atoms with Crippen molar-refractivity contribution < 1.29 is 18.8 Å². The van der Waals surface area contributed by atoms with Crippen LogP contribution in [0.15, 0.2) is 59.4 Å². The van der Waals surface area contributed by atoms with E-state index in [1.807, 2.05) is 36.4 Å². The van der Waals surface area contributed by atoms with Crippen LogP contribution in [0.1, 0.15) is 11.3 Å². The van der Waals surface area contributed by atoms with Gasteiger partial charge in [-0.1, -0.05) is 11.2 Å². The zero-order valence-electron chi connectivity index (χ0n) is 12.2. The van der Waals surface area contributed by atoms with Gasteiger partial charge in [0, 0.05) is 29.6 Å². The summed E-state index contributed by atoms with van der Waals surface area (Å²) in [4.78, 5) is 14.2. The van der Waals surface area contributed by atoms with Crippen LogP contribution in [-0.2, 0) is 22.7 Å². The SMILES string of the molecule is O=COCc1cc(-c2ccc(OCc3cccnc3)cc2)no1. The summed E-state index contributed by atoms with van der Waals surface area (Å²) in [5.41, 5.74) is 2.57. The third-order valence-electron chi connectivity index (χ3n) is 3.13. The predicted molar refractivity (Wildman–Crippen MR) is 81.4 cm³/mol. The van der Waals surface area contributed by atoms with E-state index in [1.54, 1.807) is 18.5 Å². The fraction of sp³-hybridized carbons (Fsp3) is 0.118. The second kappa shape index (κ2) is 7.22. The Morgan fingerprint density at radius 2 is 2.00 bits per heavy atom. The number of pyridine rings is 1. The van der Waals surface area contributed by atoms with Gasteiger partial charge < -0.3 is 14.0 Å². The number of benzene rings is 1. The molecule has 0 aliphatic carbocycles. The third kappa shape index (κ3) is 3.94. The molecule has 0 saturated carbocycles. The normalized spacial score (nSPS) is 10.3. The highest BCUT2D eigenvalue weighted by molar-refractivity contribution is 5.59. The summed E-state index contributed by atoms with van der Waals surface area (Å²) >= 11 is 0. The summed E-state index contributed by atoms with van der Waals surface area (Å²) in [7, 11) is 0.